The Bertz CT molecular complexity index is 1370. The molecule has 0 radical (unpaired) electrons. The Morgan fingerprint density at radius 3 is 2.26 bits per heavy atom. The molecule has 0 aliphatic rings. The average Bonchev–Trinajstić information content (AvgIpc) is 2.91. The van der Waals surface area contributed by atoms with Crippen molar-refractivity contribution in [2.45, 2.75) is 23.5 Å². The number of hydrogen-bond acceptors (Lipinski definition) is 7. The van der Waals surface area contributed by atoms with E-state index < -0.39 is 28.7 Å². The molecule has 0 aliphatic heterocycles. The van der Waals surface area contributed by atoms with E-state index in [1.165, 1.54) is 26.0 Å². The zero-order valence-electron chi connectivity index (χ0n) is 20.8. The molecule has 0 heterocycles. The van der Waals surface area contributed by atoms with E-state index >= 15 is 0 Å². The fourth-order valence-electron chi connectivity index (χ4n) is 3.50. The summed E-state index contributed by atoms with van der Waals surface area (Å²) in [6.07, 6.45) is 0.517. The van der Waals surface area contributed by atoms with Gasteiger partial charge < -0.3 is 30.3 Å². The molecule has 11 heteroatoms. The lowest BCUT2D eigenvalue weighted by Crippen LogP contribution is -2.24. The number of aromatic carboxylic acids is 2. The number of carbonyl (C=O) groups is 4. The number of carboxylic acid groups (broad SMARTS) is 2. The van der Waals surface area contributed by atoms with Gasteiger partial charge in [-0.05, 0) is 55.0 Å². The first kappa shape index (κ1) is 28.1. The summed E-state index contributed by atoms with van der Waals surface area (Å²) >= 11 is 1.30. The predicted octanol–water partition coefficient (Wildman–Crippen LogP) is 4.86. The molecule has 4 N–H and O–H groups in total. The van der Waals surface area contributed by atoms with Gasteiger partial charge in [0.05, 0.1) is 41.8 Å². The van der Waals surface area contributed by atoms with E-state index in [0.29, 0.717) is 34.2 Å². The van der Waals surface area contributed by atoms with E-state index in [0.717, 1.165) is 18.2 Å². The van der Waals surface area contributed by atoms with Crippen LogP contribution in [0.3, 0.4) is 0 Å². The maximum Gasteiger partial charge on any atom is 0.336 e. The SMILES string of the molecule is CCC(Sc1cccc(NC(=O)c2ccc(C(=O)O)cc2C(=O)O)c1)C(=O)Nc1ccc(OC)cc1OC. The van der Waals surface area contributed by atoms with Crippen molar-refractivity contribution in [1.82, 2.24) is 0 Å². The number of hydrogen-bond donors (Lipinski definition) is 4. The van der Waals surface area contributed by atoms with Crippen molar-refractivity contribution in [2.24, 2.45) is 0 Å². The molecule has 1 unspecified atom stereocenters. The Balaban J connectivity index is 1.74. The van der Waals surface area contributed by atoms with Crippen molar-refractivity contribution < 1.29 is 38.9 Å². The van der Waals surface area contributed by atoms with Crippen LogP contribution in [0.15, 0.2) is 65.6 Å². The number of thioether (sulfide) groups is 1. The Kier molecular flexibility index (Phi) is 9.33. The van der Waals surface area contributed by atoms with Crippen LogP contribution in [0.1, 0.15) is 44.4 Å². The standard InChI is InChI=1S/C27H26N2O8S/c1-4-23(25(31)29-21-11-9-17(36-2)14-22(21)37-3)38-18-7-5-6-16(13-18)28-24(30)19-10-8-15(26(32)33)12-20(19)27(34)35/h5-14,23H,4H2,1-3H3,(H,28,30)(H,29,31)(H,32,33)(H,34,35). The zero-order chi connectivity index (χ0) is 27.8. The number of carboxylic acids is 2. The summed E-state index contributed by atoms with van der Waals surface area (Å²) < 4.78 is 10.5. The van der Waals surface area contributed by atoms with Gasteiger partial charge in [-0.2, -0.15) is 0 Å². The zero-order valence-corrected chi connectivity index (χ0v) is 21.6. The van der Waals surface area contributed by atoms with Crippen LogP contribution in [0.2, 0.25) is 0 Å². The number of anilines is 2. The van der Waals surface area contributed by atoms with Crippen molar-refractivity contribution >= 4 is 46.9 Å². The summed E-state index contributed by atoms with van der Waals surface area (Å²) in [5, 5.41) is 23.6. The number of rotatable bonds is 11. The molecule has 198 valence electrons. The highest BCUT2D eigenvalue weighted by Gasteiger charge is 2.21. The van der Waals surface area contributed by atoms with Crippen LogP contribution in [0.4, 0.5) is 11.4 Å². The molecule has 0 aliphatic carbocycles. The molecule has 3 aromatic carbocycles. The summed E-state index contributed by atoms with van der Waals surface area (Å²) in [6.45, 7) is 1.88. The second kappa shape index (κ2) is 12.6. The first-order valence-electron chi connectivity index (χ1n) is 11.4. The Hall–Kier alpha value is -4.51. The van der Waals surface area contributed by atoms with Gasteiger partial charge in [0.15, 0.2) is 0 Å². The molecule has 10 nitrogen and oxygen atoms in total. The van der Waals surface area contributed by atoms with Crippen LogP contribution < -0.4 is 20.1 Å². The lowest BCUT2D eigenvalue weighted by molar-refractivity contribution is -0.115. The fourth-order valence-corrected chi connectivity index (χ4v) is 4.51. The van der Waals surface area contributed by atoms with E-state index in [1.54, 1.807) is 42.5 Å². The van der Waals surface area contributed by atoms with Crippen LogP contribution in [0.25, 0.3) is 0 Å². The summed E-state index contributed by atoms with van der Waals surface area (Å²) in [4.78, 5) is 49.3. The Morgan fingerprint density at radius 1 is 0.868 bits per heavy atom. The van der Waals surface area contributed by atoms with Gasteiger partial charge in [-0.25, -0.2) is 9.59 Å². The Morgan fingerprint density at radius 2 is 1.63 bits per heavy atom. The van der Waals surface area contributed by atoms with E-state index in [2.05, 4.69) is 10.6 Å². The minimum absolute atomic E-state index is 0.181. The molecule has 2 amide bonds. The van der Waals surface area contributed by atoms with Crippen LogP contribution in [0, 0.1) is 0 Å². The summed E-state index contributed by atoms with van der Waals surface area (Å²) in [5.41, 5.74) is 0.0326. The molecule has 0 saturated heterocycles. The predicted molar refractivity (Wildman–Crippen MR) is 143 cm³/mol. The normalized spacial score (nSPS) is 11.2. The van der Waals surface area contributed by atoms with E-state index in [4.69, 9.17) is 14.6 Å². The van der Waals surface area contributed by atoms with Crippen molar-refractivity contribution in [3.8, 4) is 11.5 Å². The van der Waals surface area contributed by atoms with Crippen LogP contribution in [-0.2, 0) is 4.79 Å². The lowest BCUT2D eigenvalue weighted by atomic mass is 10.0. The molecule has 0 spiro atoms. The minimum atomic E-state index is -1.42. The summed E-state index contributed by atoms with van der Waals surface area (Å²) in [5.74, 6) is -2.62. The van der Waals surface area contributed by atoms with Gasteiger partial charge in [0.2, 0.25) is 5.91 Å². The van der Waals surface area contributed by atoms with Crippen molar-refractivity contribution in [2.75, 3.05) is 24.9 Å². The summed E-state index contributed by atoms with van der Waals surface area (Å²) in [7, 11) is 3.03. The molecule has 38 heavy (non-hydrogen) atoms. The third kappa shape index (κ3) is 6.83. The molecule has 1 atom stereocenters. The number of methoxy groups -OCH3 is 2. The number of carbonyl (C=O) groups excluding carboxylic acids is 2. The number of nitrogens with one attached hydrogen (secondary N) is 2. The van der Waals surface area contributed by atoms with Gasteiger partial charge in [-0.15, -0.1) is 11.8 Å². The summed E-state index contributed by atoms with van der Waals surface area (Å²) in [6, 6.07) is 15.1. The van der Waals surface area contributed by atoms with E-state index in [-0.39, 0.29) is 17.0 Å². The first-order chi connectivity index (χ1) is 18.2. The highest BCUT2D eigenvalue weighted by atomic mass is 32.2. The average molecular weight is 539 g/mol. The highest BCUT2D eigenvalue weighted by molar-refractivity contribution is 8.00. The van der Waals surface area contributed by atoms with Crippen molar-refractivity contribution in [3.63, 3.8) is 0 Å². The fraction of sp³-hybridized carbons (Fsp3) is 0.185. The van der Waals surface area contributed by atoms with Gasteiger partial charge in [0.1, 0.15) is 11.5 Å². The van der Waals surface area contributed by atoms with Crippen LogP contribution in [0.5, 0.6) is 11.5 Å². The molecule has 0 fully saturated rings. The number of ether oxygens (including phenoxy) is 2. The second-order valence-electron chi connectivity index (χ2n) is 7.92. The van der Waals surface area contributed by atoms with E-state index in [1.807, 2.05) is 6.92 Å². The molecule has 3 aromatic rings. The lowest BCUT2D eigenvalue weighted by Gasteiger charge is -2.17. The topological polar surface area (TPSA) is 151 Å². The monoisotopic (exact) mass is 538 g/mol. The molecule has 0 saturated carbocycles. The van der Waals surface area contributed by atoms with Crippen molar-refractivity contribution in [1.29, 1.82) is 0 Å². The largest absolute Gasteiger partial charge is 0.497 e. The molecule has 3 rings (SSSR count). The highest BCUT2D eigenvalue weighted by Crippen LogP contribution is 2.32. The smallest absolute Gasteiger partial charge is 0.336 e. The van der Waals surface area contributed by atoms with Gasteiger partial charge in [0, 0.05) is 16.6 Å². The van der Waals surface area contributed by atoms with E-state index in [9.17, 15) is 24.3 Å². The van der Waals surface area contributed by atoms with Crippen LogP contribution >= 0.6 is 11.8 Å². The minimum Gasteiger partial charge on any atom is -0.497 e. The maximum absolute atomic E-state index is 13.0. The number of benzene rings is 3. The first-order valence-corrected chi connectivity index (χ1v) is 12.3. The van der Waals surface area contributed by atoms with Crippen molar-refractivity contribution in [3.05, 3.63) is 77.4 Å². The third-order valence-corrected chi connectivity index (χ3v) is 6.80. The van der Waals surface area contributed by atoms with Crippen LogP contribution in [-0.4, -0.2) is 53.4 Å². The Labute approximate surface area is 223 Å². The van der Waals surface area contributed by atoms with Gasteiger partial charge in [-0.1, -0.05) is 13.0 Å². The quantitative estimate of drug-likeness (QED) is 0.251. The third-order valence-electron chi connectivity index (χ3n) is 5.44. The molecule has 0 aromatic heterocycles. The van der Waals surface area contributed by atoms with Gasteiger partial charge >= 0.3 is 11.9 Å². The second-order valence-corrected chi connectivity index (χ2v) is 9.20. The van der Waals surface area contributed by atoms with Gasteiger partial charge in [-0.3, -0.25) is 9.59 Å². The number of amides is 2. The van der Waals surface area contributed by atoms with Gasteiger partial charge in [0.25, 0.3) is 5.91 Å². The molecular weight excluding hydrogens is 512 g/mol. The molecular formula is C27H26N2O8S. The molecule has 0 bridgehead atoms. The maximum atomic E-state index is 13.0.